The Hall–Kier alpha value is -3.06. The van der Waals surface area contributed by atoms with Gasteiger partial charge < -0.3 is 0 Å². The molecule has 162 valence electrons. The number of amidine groups is 1. The molecule has 0 radical (unpaired) electrons. The van der Waals surface area contributed by atoms with Gasteiger partial charge in [0.15, 0.2) is 0 Å². The summed E-state index contributed by atoms with van der Waals surface area (Å²) in [4.78, 5) is 23.9. The van der Waals surface area contributed by atoms with E-state index in [1.54, 1.807) is 6.08 Å². The van der Waals surface area contributed by atoms with E-state index in [2.05, 4.69) is 25.9 Å². The van der Waals surface area contributed by atoms with Gasteiger partial charge in [-0.2, -0.15) is 0 Å². The van der Waals surface area contributed by atoms with Gasteiger partial charge in [-0.1, -0.05) is 69.5 Å². The molecule has 1 aliphatic rings. The minimum absolute atomic E-state index is 0.0857. The molecule has 0 saturated carbocycles. The van der Waals surface area contributed by atoms with Gasteiger partial charge in [0.05, 0.1) is 16.2 Å². The maximum atomic E-state index is 13.8. The highest BCUT2D eigenvalue weighted by Gasteiger charge is 2.33. The quantitative estimate of drug-likeness (QED) is 0.202. The Bertz CT molecular complexity index is 1490. The van der Waals surface area contributed by atoms with Crippen LogP contribution >= 0.6 is 39.1 Å². The third-order valence-corrected chi connectivity index (χ3v) is 6.19. The molecule has 0 fully saturated rings. The second-order valence-electron chi connectivity index (χ2n) is 7.28. The molecule has 0 saturated heterocycles. The summed E-state index contributed by atoms with van der Waals surface area (Å²) in [5.74, 6) is -0.551. The lowest BCUT2D eigenvalue weighted by molar-refractivity contribution is -0.113. The molecule has 1 aliphatic heterocycles. The molecule has 5 rings (SSSR count). The number of pyridine rings is 1. The Morgan fingerprint density at radius 2 is 1.76 bits per heavy atom. The number of amides is 1. The molecule has 0 unspecified atom stereocenters. The highest BCUT2D eigenvalue weighted by molar-refractivity contribution is 9.10. The average Bonchev–Trinajstić information content (AvgIpc) is 3.13. The molecule has 0 N–H and O–H groups in total. The molecule has 4 nitrogen and oxygen atoms in total. The van der Waals surface area contributed by atoms with Crippen LogP contribution in [0.5, 0.6) is 0 Å². The zero-order chi connectivity index (χ0) is 23.1. The fourth-order valence-corrected chi connectivity index (χ4v) is 4.30. The number of nitrogens with zero attached hydrogens (tertiary/aromatic N) is 3. The lowest BCUT2D eigenvalue weighted by Gasteiger charge is -2.19. The number of hydrogen-bond donors (Lipinski definition) is 0. The smallest absolute Gasteiger partial charge is 0.266 e. The average molecular weight is 541 g/mol. The Morgan fingerprint density at radius 1 is 0.970 bits per heavy atom. The predicted molar refractivity (Wildman–Crippen MR) is 134 cm³/mol. The lowest BCUT2D eigenvalue weighted by Crippen LogP contribution is -2.32. The molecule has 0 aliphatic carbocycles. The van der Waals surface area contributed by atoms with E-state index in [9.17, 15) is 9.18 Å². The summed E-state index contributed by atoms with van der Waals surface area (Å²) in [5.41, 5.74) is 2.60. The standard InChI is InChI=1S/C25H13BrCl2FN3O/c26-17-6-9-21-15(11-17)10-16(23(28)30-21)12-22-25(33)32(18-7-8-20(29)19(27)13-18)24(31-22)14-4-2-1-3-5-14/h1-13H/b22-12-. The van der Waals surface area contributed by atoms with Crippen molar-refractivity contribution in [2.24, 2.45) is 4.99 Å². The molecule has 4 aromatic rings. The Morgan fingerprint density at radius 3 is 2.52 bits per heavy atom. The zero-order valence-corrected chi connectivity index (χ0v) is 19.9. The maximum absolute atomic E-state index is 13.8. The summed E-state index contributed by atoms with van der Waals surface area (Å²) < 4.78 is 14.7. The topological polar surface area (TPSA) is 45.6 Å². The summed E-state index contributed by atoms with van der Waals surface area (Å²) in [5, 5.41) is 1.03. The van der Waals surface area contributed by atoms with Crippen molar-refractivity contribution in [3.63, 3.8) is 0 Å². The first-order chi connectivity index (χ1) is 15.9. The van der Waals surface area contributed by atoms with Crippen molar-refractivity contribution < 1.29 is 9.18 Å². The molecule has 3 aromatic carbocycles. The van der Waals surface area contributed by atoms with E-state index in [1.807, 2.05) is 54.6 Å². The third-order valence-electron chi connectivity index (χ3n) is 5.10. The number of carbonyl (C=O) groups is 1. The highest BCUT2D eigenvalue weighted by Crippen LogP contribution is 2.32. The largest absolute Gasteiger partial charge is 0.282 e. The van der Waals surface area contributed by atoms with E-state index in [-0.39, 0.29) is 21.8 Å². The molecule has 0 spiro atoms. The first kappa shape index (κ1) is 21.8. The second kappa shape index (κ2) is 8.71. The number of anilines is 1. The monoisotopic (exact) mass is 539 g/mol. The van der Waals surface area contributed by atoms with Crippen molar-refractivity contribution in [2.45, 2.75) is 0 Å². The van der Waals surface area contributed by atoms with Gasteiger partial charge in [0, 0.05) is 21.0 Å². The fraction of sp³-hybridized carbons (Fsp3) is 0. The normalized spacial score (nSPS) is 14.9. The number of fused-ring (bicyclic) bond motifs is 1. The number of rotatable bonds is 3. The van der Waals surface area contributed by atoms with Gasteiger partial charge in [-0.15, -0.1) is 0 Å². The number of aliphatic imine (C=N–C) groups is 1. The van der Waals surface area contributed by atoms with E-state index in [0.29, 0.717) is 17.1 Å². The number of aromatic nitrogens is 1. The second-order valence-corrected chi connectivity index (χ2v) is 8.96. The molecule has 0 bridgehead atoms. The van der Waals surface area contributed by atoms with E-state index < -0.39 is 5.82 Å². The van der Waals surface area contributed by atoms with Crippen LogP contribution in [0.3, 0.4) is 0 Å². The van der Waals surface area contributed by atoms with Crippen molar-refractivity contribution in [3.8, 4) is 0 Å². The van der Waals surface area contributed by atoms with E-state index in [4.69, 9.17) is 23.2 Å². The third kappa shape index (κ3) is 4.17. The Kier molecular flexibility index (Phi) is 5.74. The van der Waals surface area contributed by atoms with Gasteiger partial charge in [-0.05, 0) is 48.5 Å². The zero-order valence-electron chi connectivity index (χ0n) is 16.8. The molecule has 33 heavy (non-hydrogen) atoms. The highest BCUT2D eigenvalue weighted by atomic mass is 79.9. The SMILES string of the molecule is O=C1/C(=C/c2cc3cc(Br)ccc3nc2Cl)N=C(c2ccccc2)N1c1ccc(F)c(Cl)c1. The van der Waals surface area contributed by atoms with E-state index in [1.165, 1.54) is 23.1 Å². The fourth-order valence-electron chi connectivity index (χ4n) is 3.55. The predicted octanol–water partition coefficient (Wildman–Crippen LogP) is 7.28. The van der Waals surface area contributed by atoms with Gasteiger partial charge in [-0.3, -0.25) is 9.69 Å². The van der Waals surface area contributed by atoms with Gasteiger partial charge in [0.25, 0.3) is 5.91 Å². The van der Waals surface area contributed by atoms with Crippen LogP contribution in [0.4, 0.5) is 10.1 Å². The number of benzene rings is 3. The van der Waals surface area contributed by atoms with Crippen molar-refractivity contribution in [1.82, 2.24) is 4.98 Å². The van der Waals surface area contributed by atoms with Crippen LogP contribution in [0.25, 0.3) is 17.0 Å². The lowest BCUT2D eigenvalue weighted by atomic mass is 10.1. The summed E-state index contributed by atoms with van der Waals surface area (Å²) >= 11 is 15.9. The Labute approximate surface area is 207 Å². The molecule has 8 heteroatoms. The van der Waals surface area contributed by atoms with Crippen molar-refractivity contribution in [3.05, 3.63) is 110 Å². The summed E-state index contributed by atoms with van der Waals surface area (Å²) in [7, 11) is 0. The van der Waals surface area contributed by atoms with Crippen LogP contribution in [0.15, 0.2) is 88.0 Å². The molecule has 1 amide bonds. The summed E-state index contributed by atoms with van der Waals surface area (Å²) in [6.07, 6.45) is 1.60. The van der Waals surface area contributed by atoms with Crippen LogP contribution in [0.1, 0.15) is 11.1 Å². The molecule has 0 atom stereocenters. The van der Waals surface area contributed by atoms with Crippen molar-refractivity contribution >= 4 is 73.5 Å². The molecule has 2 heterocycles. The first-order valence-corrected chi connectivity index (χ1v) is 11.4. The van der Waals surface area contributed by atoms with Crippen LogP contribution in [0.2, 0.25) is 10.2 Å². The van der Waals surface area contributed by atoms with Crippen molar-refractivity contribution in [1.29, 1.82) is 0 Å². The van der Waals surface area contributed by atoms with E-state index >= 15 is 0 Å². The first-order valence-electron chi connectivity index (χ1n) is 9.82. The van der Waals surface area contributed by atoms with Crippen LogP contribution in [-0.2, 0) is 4.79 Å². The van der Waals surface area contributed by atoms with Gasteiger partial charge in [-0.25, -0.2) is 14.4 Å². The van der Waals surface area contributed by atoms with Gasteiger partial charge >= 0.3 is 0 Å². The maximum Gasteiger partial charge on any atom is 0.282 e. The number of halogens is 4. The van der Waals surface area contributed by atoms with Crippen LogP contribution in [-0.4, -0.2) is 16.7 Å². The molecule has 1 aromatic heterocycles. The molecular formula is C25H13BrCl2FN3O. The van der Waals surface area contributed by atoms with Gasteiger partial charge in [0.2, 0.25) is 0 Å². The molecular weight excluding hydrogens is 528 g/mol. The number of hydrogen-bond acceptors (Lipinski definition) is 3. The Balaban J connectivity index is 1.65. The minimum atomic E-state index is -0.568. The van der Waals surface area contributed by atoms with Crippen LogP contribution in [0, 0.1) is 5.82 Å². The summed E-state index contributed by atoms with van der Waals surface area (Å²) in [6, 6.07) is 20.9. The van der Waals surface area contributed by atoms with E-state index in [0.717, 1.165) is 20.9 Å². The van der Waals surface area contributed by atoms with Gasteiger partial charge in [0.1, 0.15) is 22.5 Å². The van der Waals surface area contributed by atoms with Crippen molar-refractivity contribution in [2.75, 3.05) is 4.90 Å². The minimum Gasteiger partial charge on any atom is -0.266 e. The van der Waals surface area contributed by atoms with Crippen LogP contribution < -0.4 is 4.90 Å². The summed E-state index contributed by atoms with van der Waals surface area (Å²) in [6.45, 7) is 0. The number of carbonyl (C=O) groups excluding carboxylic acids is 1.